The van der Waals surface area contributed by atoms with Gasteiger partial charge in [-0.1, -0.05) is 26.0 Å². The highest BCUT2D eigenvalue weighted by atomic mass is 79.9. The number of aryl methyl sites for hydroxylation is 1. The molecule has 0 aliphatic carbocycles. The van der Waals surface area contributed by atoms with Gasteiger partial charge in [0.05, 0.1) is 30.1 Å². The normalized spacial score (nSPS) is 15.1. The first-order valence-corrected chi connectivity index (χ1v) is 11.8. The number of imide groups is 1. The van der Waals surface area contributed by atoms with Crippen molar-refractivity contribution in [1.82, 2.24) is 4.90 Å². The van der Waals surface area contributed by atoms with E-state index in [9.17, 15) is 9.59 Å². The topological polar surface area (TPSA) is 65.1 Å². The maximum absolute atomic E-state index is 12.8. The first kappa shape index (κ1) is 24.2. The van der Waals surface area contributed by atoms with E-state index < -0.39 is 0 Å². The van der Waals surface area contributed by atoms with Gasteiger partial charge in [0.15, 0.2) is 11.5 Å². The molecule has 1 aliphatic heterocycles. The van der Waals surface area contributed by atoms with Gasteiger partial charge in [-0.25, -0.2) is 0 Å². The Morgan fingerprint density at radius 2 is 1.84 bits per heavy atom. The van der Waals surface area contributed by atoms with E-state index in [1.807, 2.05) is 19.1 Å². The standard InChI is InChI=1S/C24H26BrNO5S/c1-14(2)17-7-6-15(3)10-19(17)31-9-8-26-23(27)21(32-24(26)28)13-16-11-18(25)22(30-5)20(12-16)29-4/h6-7,10-14H,8-9H2,1-5H3/b21-13-. The number of amides is 2. The summed E-state index contributed by atoms with van der Waals surface area (Å²) in [6, 6.07) is 9.66. The third kappa shape index (κ3) is 5.30. The summed E-state index contributed by atoms with van der Waals surface area (Å²) in [6.07, 6.45) is 1.68. The Morgan fingerprint density at radius 3 is 2.50 bits per heavy atom. The van der Waals surface area contributed by atoms with Gasteiger partial charge in [-0.05, 0) is 81.5 Å². The molecule has 0 saturated carbocycles. The zero-order valence-corrected chi connectivity index (χ0v) is 21.1. The molecule has 0 aromatic heterocycles. The molecule has 6 nitrogen and oxygen atoms in total. The molecule has 2 aromatic carbocycles. The van der Waals surface area contributed by atoms with Crippen molar-refractivity contribution in [2.24, 2.45) is 0 Å². The summed E-state index contributed by atoms with van der Waals surface area (Å²) in [4.78, 5) is 26.9. The Kier molecular flexibility index (Phi) is 7.90. The first-order valence-electron chi connectivity index (χ1n) is 10.1. The van der Waals surface area contributed by atoms with Crippen molar-refractivity contribution in [3.63, 3.8) is 0 Å². The second-order valence-corrected chi connectivity index (χ2v) is 9.46. The van der Waals surface area contributed by atoms with Gasteiger partial charge in [0.25, 0.3) is 11.1 Å². The van der Waals surface area contributed by atoms with Crippen molar-refractivity contribution in [2.75, 3.05) is 27.4 Å². The number of thioether (sulfide) groups is 1. The zero-order valence-electron chi connectivity index (χ0n) is 18.7. The van der Waals surface area contributed by atoms with Crippen LogP contribution in [0.15, 0.2) is 39.7 Å². The summed E-state index contributed by atoms with van der Waals surface area (Å²) in [6.45, 7) is 6.63. The molecule has 8 heteroatoms. The van der Waals surface area contributed by atoms with Crippen molar-refractivity contribution in [3.05, 3.63) is 56.4 Å². The van der Waals surface area contributed by atoms with Crippen LogP contribution in [0.5, 0.6) is 17.2 Å². The van der Waals surface area contributed by atoms with Crippen molar-refractivity contribution in [2.45, 2.75) is 26.7 Å². The number of halogens is 1. The van der Waals surface area contributed by atoms with Crippen molar-refractivity contribution < 1.29 is 23.8 Å². The molecular weight excluding hydrogens is 494 g/mol. The average Bonchev–Trinajstić information content (AvgIpc) is 3.00. The van der Waals surface area contributed by atoms with Crippen LogP contribution < -0.4 is 14.2 Å². The second-order valence-electron chi connectivity index (χ2n) is 7.62. The van der Waals surface area contributed by atoms with Crippen LogP contribution in [-0.4, -0.2) is 43.4 Å². The predicted molar refractivity (Wildman–Crippen MR) is 131 cm³/mol. The van der Waals surface area contributed by atoms with Gasteiger partial charge in [-0.3, -0.25) is 14.5 Å². The Morgan fingerprint density at radius 1 is 1.09 bits per heavy atom. The molecule has 0 bridgehead atoms. The van der Waals surface area contributed by atoms with E-state index in [0.29, 0.717) is 26.8 Å². The fourth-order valence-corrected chi connectivity index (χ4v) is 4.84. The van der Waals surface area contributed by atoms with E-state index in [2.05, 4.69) is 41.9 Å². The minimum atomic E-state index is -0.331. The molecule has 0 spiro atoms. The summed E-state index contributed by atoms with van der Waals surface area (Å²) in [5.41, 5.74) is 2.92. The van der Waals surface area contributed by atoms with Gasteiger partial charge in [-0.2, -0.15) is 0 Å². The summed E-state index contributed by atoms with van der Waals surface area (Å²) >= 11 is 4.36. The molecule has 0 radical (unpaired) electrons. The highest BCUT2D eigenvalue weighted by Gasteiger charge is 2.35. The van der Waals surface area contributed by atoms with Crippen LogP contribution in [0.4, 0.5) is 4.79 Å². The molecule has 1 saturated heterocycles. The van der Waals surface area contributed by atoms with Crippen molar-refractivity contribution in [1.29, 1.82) is 0 Å². The van der Waals surface area contributed by atoms with Crippen LogP contribution in [0.1, 0.15) is 36.5 Å². The van der Waals surface area contributed by atoms with Crippen LogP contribution >= 0.6 is 27.7 Å². The molecule has 170 valence electrons. The summed E-state index contributed by atoms with van der Waals surface area (Å²) in [5.74, 6) is 1.86. The molecule has 3 rings (SSSR count). The zero-order chi connectivity index (χ0) is 23.4. The highest BCUT2D eigenvalue weighted by molar-refractivity contribution is 9.10. The van der Waals surface area contributed by atoms with E-state index in [-0.39, 0.29) is 24.3 Å². The van der Waals surface area contributed by atoms with Gasteiger partial charge in [0.1, 0.15) is 12.4 Å². The quantitative estimate of drug-likeness (QED) is 0.397. The summed E-state index contributed by atoms with van der Waals surface area (Å²) in [7, 11) is 3.09. The SMILES string of the molecule is COc1cc(/C=C2\SC(=O)N(CCOc3cc(C)ccc3C(C)C)C2=O)cc(Br)c1OC. The van der Waals surface area contributed by atoms with Crippen LogP contribution in [-0.2, 0) is 4.79 Å². The minimum absolute atomic E-state index is 0.184. The van der Waals surface area contributed by atoms with E-state index in [1.54, 1.807) is 26.4 Å². The molecule has 0 unspecified atom stereocenters. The lowest BCUT2D eigenvalue weighted by molar-refractivity contribution is -0.123. The summed E-state index contributed by atoms with van der Waals surface area (Å²) in [5, 5.41) is -0.308. The fraction of sp³-hybridized carbons (Fsp3) is 0.333. The second kappa shape index (κ2) is 10.4. The Bertz CT molecular complexity index is 1070. The molecule has 1 aliphatic rings. The number of carbonyl (C=O) groups excluding carboxylic acids is 2. The molecule has 0 N–H and O–H groups in total. The van der Waals surface area contributed by atoms with E-state index in [4.69, 9.17) is 14.2 Å². The number of methoxy groups -OCH3 is 2. The van der Waals surface area contributed by atoms with E-state index in [1.165, 1.54) is 4.90 Å². The van der Waals surface area contributed by atoms with Crippen LogP contribution in [0.3, 0.4) is 0 Å². The lowest BCUT2D eigenvalue weighted by Gasteiger charge is -2.17. The van der Waals surface area contributed by atoms with Gasteiger partial charge in [-0.15, -0.1) is 0 Å². The average molecular weight is 520 g/mol. The van der Waals surface area contributed by atoms with Gasteiger partial charge in [0, 0.05) is 0 Å². The molecule has 32 heavy (non-hydrogen) atoms. The minimum Gasteiger partial charge on any atom is -0.493 e. The van der Waals surface area contributed by atoms with Crippen LogP contribution in [0.25, 0.3) is 6.08 Å². The highest BCUT2D eigenvalue weighted by Crippen LogP contribution is 2.39. The first-order chi connectivity index (χ1) is 15.2. The van der Waals surface area contributed by atoms with Crippen LogP contribution in [0.2, 0.25) is 0 Å². The summed E-state index contributed by atoms with van der Waals surface area (Å²) < 4.78 is 17.3. The number of nitrogens with zero attached hydrogens (tertiary/aromatic N) is 1. The predicted octanol–water partition coefficient (Wildman–Crippen LogP) is 6.01. The molecule has 2 amide bonds. The number of rotatable bonds is 8. The third-order valence-corrected chi connectivity index (χ3v) is 6.49. The molecular formula is C24H26BrNO5S. The fourth-order valence-electron chi connectivity index (χ4n) is 3.36. The number of carbonyl (C=O) groups is 2. The smallest absolute Gasteiger partial charge is 0.293 e. The van der Waals surface area contributed by atoms with E-state index >= 15 is 0 Å². The Balaban J connectivity index is 1.72. The van der Waals surface area contributed by atoms with Crippen molar-refractivity contribution in [3.8, 4) is 17.2 Å². The maximum atomic E-state index is 12.8. The molecule has 1 heterocycles. The number of benzene rings is 2. The van der Waals surface area contributed by atoms with Gasteiger partial charge >= 0.3 is 0 Å². The van der Waals surface area contributed by atoms with E-state index in [0.717, 1.165) is 34.2 Å². The van der Waals surface area contributed by atoms with Gasteiger partial charge < -0.3 is 14.2 Å². The number of hydrogen-bond acceptors (Lipinski definition) is 6. The lowest BCUT2D eigenvalue weighted by atomic mass is 10.0. The molecule has 2 aromatic rings. The Hall–Kier alpha value is -2.45. The number of hydrogen-bond donors (Lipinski definition) is 0. The number of ether oxygens (including phenoxy) is 3. The van der Waals surface area contributed by atoms with Crippen molar-refractivity contribution >= 4 is 44.9 Å². The van der Waals surface area contributed by atoms with Gasteiger partial charge in [0.2, 0.25) is 0 Å². The largest absolute Gasteiger partial charge is 0.493 e. The molecule has 1 fully saturated rings. The monoisotopic (exact) mass is 519 g/mol. The Labute approximate surface area is 201 Å². The lowest BCUT2D eigenvalue weighted by Crippen LogP contribution is -2.32. The maximum Gasteiger partial charge on any atom is 0.293 e. The van der Waals surface area contributed by atoms with Crippen LogP contribution in [0, 0.1) is 6.92 Å². The molecule has 0 atom stereocenters. The third-order valence-electron chi connectivity index (χ3n) is 4.99.